The Morgan fingerprint density at radius 1 is 1.06 bits per heavy atom. The van der Waals surface area contributed by atoms with Crippen molar-refractivity contribution in [1.82, 2.24) is 0 Å². The number of nitrogens with zero attached hydrogens (tertiary/aromatic N) is 2. The largest absolute Gasteiger partial charge is 0.299 e. The van der Waals surface area contributed by atoms with E-state index >= 15 is 0 Å². The van der Waals surface area contributed by atoms with Crippen LogP contribution in [-0.4, -0.2) is 11.6 Å². The van der Waals surface area contributed by atoms with Gasteiger partial charge in [-0.05, 0) is 68.1 Å². The average Bonchev–Trinajstić information content (AvgIpc) is 3.06. The van der Waals surface area contributed by atoms with Gasteiger partial charge in [-0.1, -0.05) is 37.6 Å². The van der Waals surface area contributed by atoms with E-state index in [0.29, 0.717) is 36.9 Å². The molecular formula is C27H32N2O2. The summed E-state index contributed by atoms with van der Waals surface area (Å²) in [5.41, 5.74) is -2.18. The highest BCUT2D eigenvalue weighted by atomic mass is 16.1. The average molecular weight is 417 g/mol. The minimum absolute atomic E-state index is 0.242. The van der Waals surface area contributed by atoms with Crippen molar-refractivity contribution in [3.8, 4) is 12.1 Å². The van der Waals surface area contributed by atoms with Crippen molar-refractivity contribution in [2.45, 2.75) is 65.2 Å². The summed E-state index contributed by atoms with van der Waals surface area (Å²) in [6.07, 6.45) is 11.0. The number of nitriles is 2. The highest BCUT2D eigenvalue weighted by Gasteiger charge is 2.67. The van der Waals surface area contributed by atoms with Crippen molar-refractivity contribution < 1.29 is 9.59 Å². The molecule has 5 atom stereocenters. The lowest BCUT2D eigenvalue weighted by molar-refractivity contribution is -0.142. The van der Waals surface area contributed by atoms with Gasteiger partial charge < -0.3 is 0 Å². The Hall–Kier alpha value is -2.46. The van der Waals surface area contributed by atoms with E-state index < -0.39 is 16.2 Å². The summed E-state index contributed by atoms with van der Waals surface area (Å²) in [5, 5.41) is 20.2. The number of carbonyl (C=O) groups excluding carboxylic acids is 2. The number of carbonyl (C=O) groups is 2. The fraction of sp³-hybridized carbons (Fsp3) is 0.630. The molecule has 31 heavy (non-hydrogen) atoms. The topological polar surface area (TPSA) is 81.7 Å². The highest BCUT2D eigenvalue weighted by Crippen LogP contribution is 2.69. The summed E-state index contributed by atoms with van der Waals surface area (Å²) in [6.45, 7) is 12.1. The molecule has 0 N–H and O–H groups in total. The maximum Gasteiger partial charge on any atom is 0.203 e. The van der Waals surface area contributed by atoms with Crippen LogP contribution in [0.25, 0.3) is 0 Å². The SMILES string of the molecule is C=CCC1(CC=C)C(=O)C(C#N)(C#N)CC2(C)C1=CCC1C3CCC(=O)C3(C)CCC12. The van der Waals surface area contributed by atoms with E-state index in [1.54, 1.807) is 12.2 Å². The Labute approximate surface area is 185 Å². The molecule has 5 unspecified atom stereocenters. The molecule has 0 spiro atoms. The van der Waals surface area contributed by atoms with Crippen molar-refractivity contribution in [3.05, 3.63) is 37.0 Å². The second kappa shape index (κ2) is 7.03. The van der Waals surface area contributed by atoms with Crippen LogP contribution in [0.1, 0.15) is 65.2 Å². The van der Waals surface area contributed by atoms with Crippen LogP contribution in [0.2, 0.25) is 0 Å². The van der Waals surface area contributed by atoms with Crippen molar-refractivity contribution >= 4 is 11.6 Å². The third kappa shape index (κ3) is 2.57. The molecule has 4 aliphatic rings. The quantitative estimate of drug-likeness (QED) is 0.568. The monoisotopic (exact) mass is 416 g/mol. The lowest BCUT2D eigenvalue weighted by atomic mass is 9.40. The van der Waals surface area contributed by atoms with Crippen LogP contribution in [0.15, 0.2) is 37.0 Å². The Morgan fingerprint density at radius 3 is 2.26 bits per heavy atom. The molecule has 4 aliphatic carbocycles. The molecule has 4 heteroatoms. The molecule has 0 aromatic carbocycles. The van der Waals surface area contributed by atoms with Crippen LogP contribution in [0.4, 0.5) is 0 Å². The first-order valence-corrected chi connectivity index (χ1v) is 11.5. The van der Waals surface area contributed by atoms with E-state index in [0.717, 1.165) is 31.3 Å². The second-order valence-corrected chi connectivity index (χ2v) is 10.8. The molecule has 0 aromatic rings. The molecule has 0 heterocycles. The minimum atomic E-state index is -1.66. The number of hydrogen-bond acceptors (Lipinski definition) is 4. The Morgan fingerprint density at radius 2 is 1.68 bits per heavy atom. The number of Topliss-reactive ketones (excluding diaryl/α,β-unsaturated/α-hetero) is 2. The molecular weight excluding hydrogens is 384 g/mol. The van der Waals surface area contributed by atoms with E-state index in [1.807, 2.05) is 0 Å². The summed E-state index contributed by atoms with van der Waals surface area (Å²) in [5.74, 6) is 1.07. The van der Waals surface area contributed by atoms with Crippen molar-refractivity contribution in [1.29, 1.82) is 10.5 Å². The number of rotatable bonds is 4. The zero-order valence-corrected chi connectivity index (χ0v) is 18.7. The van der Waals surface area contributed by atoms with Gasteiger partial charge in [0.25, 0.3) is 0 Å². The van der Waals surface area contributed by atoms with E-state index in [-0.39, 0.29) is 23.5 Å². The van der Waals surface area contributed by atoms with Gasteiger partial charge in [0, 0.05) is 11.8 Å². The van der Waals surface area contributed by atoms with Gasteiger partial charge in [-0.15, -0.1) is 13.2 Å². The van der Waals surface area contributed by atoms with Crippen molar-refractivity contribution in [2.24, 2.45) is 39.4 Å². The Balaban J connectivity index is 1.91. The van der Waals surface area contributed by atoms with Gasteiger partial charge in [0.1, 0.15) is 5.78 Å². The zero-order chi connectivity index (χ0) is 22.7. The fourth-order valence-corrected chi connectivity index (χ4v) is 8.18. The molecule has 3 saturated carbocycles. The maximum absolute atomic E-state index is 13.8. The van der Waals surface area contributed by atoms with Crippen LogP contribution >= 0.6 is 0 Å². The first-order valence-electron chi connectivity index (χ1n) is 11.5. The number of fused-ring (bicyclic) bond motifs is 5. The predicted octanol–water partition coefficient (Wildman–Crippen LogP) is 5.48. The first-order chi connectivity index (χ1) is 14.7. The zero-order valence-electron chi connectivity index (χ0n) is 18.7. The molecule has 0 aromatic heterocycles. The lowest BCUT2D eigenvalue weighted by Gasteiger charge is -2.61. The van der Waals surface area contributed by atoms with E-state index in [1.165, 1.54) is 0 Å². The number of hydrogen-bond donors (Lipinski definition) is 0. The van der Waals surface area contributed by atoms with Gasteiger partial charge in [0.05, 0.1) is 17.6 Å². The predicted molar refractivity (Wildman–Crippen MR) is 118 cm³/mol. The molecule has 162 valence electrons. The summed E-state index contributed by atoms with van der Waals surface area (Å²) in [4.78, 5) is 26.5. The van der Waals surface area contributed by atoms with Gasteiger partial charge >= 0.3 is 0 Å². The minimum Gasteiger partial charge on any atom is -0.299 e. The van der Waals surface area contributed by atoms with Crippen LogP contribution in [0.5, 0.6) is 0 Å². The second-order valence-electron chi connectivity index (χ2n) is 10.8. The molecule has 3 fully saturated rings. The molecule has 0 radical (unpaired) electrons. The Bertz CT molecular complexity index is 952. The standard InChI is InChI=1S/C27H32N2O2/c1-5-12-27(13-6-2)21-9-7-18-19-8-10-22(30)24(19,3)14-11-20(18)25(21,4)15-26(16-28,17-29)23(27)31/h5-6,9,18-20H,1-2,7-8,10-15H2,3-4H3. The molecule has 0 bridgehead atoms. The van der Waals surface area contributed by atoms with Crippen LogP contribution in [-0.2, 0) is 9.59 Å². The third-order valence-electron chi connectivity index (χ3n) is 9.51. The highest BCUT2D eigenvalue weighted by molar-refractivity contribution is 5.99. The summed E-state index contributed by atoms with van der Waals surface area (Å²) in [7, 11) is 0. The fourth-order valence-electron chi connectivity index (χ4n) is 8.18. The lowest BCUT2D eigenvalue weighted by Crippen LogP contribution is -2.59. The van der Waals surface area contributed by atoms with Gasteiger partial charge in [0.2, 0.25) is 5.41 Å². The molecule has 0 saturated heterocycles. The van der Waals surface area contributed by atoms with Crippen LogP contribution < -0.4 is 0 Å². The van der Waals surface area contributed by atoms with Crippen molar-refractivity contribution in [2.75, 3.05) is 0 Å². The van der Waals surface area contributed by atoms with Gasteiger partial charge in [-0.3, -0.25) is 9.59 Å². The molecule has 0 aliphatic heterocycles. The van der Waals surface area contributed by atoms with E-state index in [4.69, 9.17) is 0 Å². The summed E-state index contributed by atoms with van der Waals surface area (Å²) in [6, 6.07) is 4.28. The number of ketones is 2. The summed E-state index contributed by atoms with van der Waals surface area (Å²) < 4.78 is 0. The van der Waals surface area contributed by atoms with Gasteiger partial charge in [-0.25, -0.2) is 0 Å². The van der Waals surface area contributed by atoms with E-state index in [9.17, 15) is 20.1 Å². The van der Waals surface area contributed by atoms with E-state index in [2.05, 4.69) is 45.2 Å². The van der Waals surface area contributed by atoms with Gasteiger partial charge in [0.15, 0.2) is 5.78 Å². The third-order valence-corrected chi connectivity index (χ3v) is 9.51. The van der Waals surface area contributed by atoms with Crippen LogP contribution in [0.3, 0.4) is 0 Å². The molecule has 4 rings (SSSR count). The van der Waals surface area contributed by atoms with Gasteiger partial charge in [-0.2, -0.15) is 10.5 Å². The normalized spacial score (nSPS) is 39.7. The molecule has 0 amide bonds. The first kappa shape index (κ1) is 21.8. The van der Waals surface area contributed by atoms with Crippen LogP contribution in [0, 0.1) is 62.1 Å². The maximum atomic E-state index is 13.8. The smallest absolute Gasteiger partial charge is 0.203 e. The summed E-state index contributed by atoms with van der Waals surface area (Å²) >= 11 is 0. The molecule has 4 nitrogen and oxygen atoms in total. The Kier molecular flexibility index (Phi) is 4.93. The van der Waals surface area contributed by atoms with Crippen molar-refractivity contribution in [3.63, 3.8) is 0 Å². The number of allylic oxidation sites excluding steroid dienone is 4.